The minimum atomic E-state index is -0.443. The van der Waals surface area contributed by atoms with Gasteiger partial charge in [-0.05, 0) is 38.5 Å². The molecular weight excluding hydrogens is 242 g/mol. The van der Waals surface area contributed by atoms with Gasteiger partial charge < -0.3 is 19.5 Å². The Morgan fingerprint density at radius 2 is 2.26 bits per heavy atom. The lowest BCUT2D eigenvalue weighted by molar-refractivity contribution is -0.137. The molecule has 1 aliphatic rings. The Balaban J connectivity index is 1.75. The van der Waals surface area contributed by atoms with E-state index in [1.54, 1.807) is 0 Å². The SMILES string of the molecule is CCOc1cccc(CNCC2COC(C)(C)O2)c1. The summed E-state index contributed by atoms with van der Waals surface area (Å²) in [5.74, 6) is 0.477. The molecule has 4 heteroatoms. The van der Waals surface area contributed by atoms with Crippen LogP contribution in [-0.4, -0.2) is 31.6 Å². The smallest absolute Gasteiger partial charge is 0.163 e. The van der Waals surface area contributed by atoms with Gasteiger partial charge in [-0.1, -0.05) is 12.1 Å². The molecule has 1 heterocycles. The third-order valence-electron chi connectivity index (χ3n) is 2.98. The number of hydrogen-bond donors (Lipinski definition) is 1. The molecule has 4 nitrogen and oxygen atoms in total. The normalized spacial score (nSPS) is 21.5. The first-order valence-corrected chi connectivity index (χ1v) is 6.83. The van der Waals surface area contributed by atoms with E-state index in [9.17, 15) is 0 Å². The Hall–Kier alpha value is -1.10. The summed E-state index contributed by atoms with van der Waals surface area (Å²) >= 11 is 0. The summed E-state index contributed by atoms with van der Waals surface area (Å²) in [5.41, 5.74) is 1.21. The lowest BCUT2D eigenvalue weighted by atomic mass is 10.2. The van der Waals surface area contributed by atoms with Crippen LogP contribution in [0.4, 0.5) is 0 Å². The first kappa shape index (κ1) is 14.3. The van der Waals surface area contributed by atoms with Gasteiger partial charge in [0.2, 0.25) is 0 Å². The maximum absolute atomic E-state index is 5.74. The third kappa shape index (κ3) is 4.49. The van der Waals surface area contributed by atoms with E-state index in [1.807, 2.05) is 32.9 Å². The zero-order valence-corrected chi connectivity index (χ0v) is 11.9. The number of hydrogen-bond acceptors (Lipinski definition) is 4. The lowest BCUT2D eigenvalue weighted by Crippen LogP contribution is -2.30. The molecule has 0 aliphatic carbocycles. The Bertz CT molecular complexity index is 406. The van der Waals surface area contributed by atoms with Gasteiger partial charge in [0, 0.05) is 13.1 Å². The van der Waals surface area contributed by atoms with Crippen molar-refractivity contribution in [3.63, 3.8) is 0 Å². The monoisotopic (exact) mass is 265 g/mol. The highest BCUT2D eigenvalue weighted by molar-refractivity contribution is 5.28. The van der Waals surface area contributed by atoms with Crippen molar-refractivity contribution in [3.8, 4) is 5.75 Å². The van der Waals surface area contributed by atoms with Crippen molar-refractivity contribution in [1.29, 1.82) is 0 Å². The fourth-order valence-corrected chi connectivity index (χ4v) is 2.15. The molecule has 106 valence electrons. The quantitative estimate of drug-likeness (QED) is 0.857. The molecule has 0 amide bonds. The van der Waals surface area contributed by atoms with Crippen LogP contribution in [-0.2, 0) is 16.0 Å². The Labute approximate surface area is 115 Å². The molecule has 1 unspecified atom stereocenters. The summed E-state index contributed by atoms with van der Waals surface area (Å²) in [7, 11) is 0. The molecule has 1 N–H and O–H groups in total. The Kier molecular flexibility index (Phi) is 4.80. The largest absolute Gasteiger partial charge is 0.494 e. The Morgan fingerprint density at radius 1 is 1.42 bits per heavy atom. The number of ether oxygens (including phenoxy) is 3. The van der Waals surface area contributed by atoms with Crippen molar-refractivity contribution >= 4 is 0 Å². The summed E-state index contributed by atoms with van der Waals surface area (Å²) in [6.07, 6.45) is 0.130. The molecular formula is C15H23NO3. The van der Waals surface area contributed by atoms with Gasteiger partial charge >= 0.3 is 0 Å². The van der Waals surface area contributed by atoms with E-state index in [0.29, 0.717) is 13.2 Å². The average Bonchev–Trinajstić information content (AvgIpc) is 2.70. The van der Waals surface area contributed by atoms with Crippen molar-refractivity contribution in [2.75, 3.05) is 19.8 Å². The summed E-state index contributed by atoms with van der Waals surface area (Å²) in [6, 6.07) is 8.14. The van der Waals surface area contributed by atoms with Gasteiger partial charge in [-0.3, -0.25) is 0 Å². The fourth-order valence-electron chi connectivity index (χ4n) is 2.15. The molecule has 1 atom stereocenters. The summed E-state index contributed by atoms with van der Waals surface area (Å²) in [5, 5.41) is 3.39. The molecule has 19 heavy (non-hydrogen) atoms. The standard InChI is InChI=1S/C15H23NO3/c1-4-17-13-7-5-6-12(8-13)9-16-10-14-11-18-15(2,3)19-14/h5-8,14,16H,4,9-11H2,1-3H3. The molecule has 0 saturated carbocycles. The van der Waals surface area contributed by atoms with Crippen molar-refractivity contribution in [2.24, 2.45) is 0 Å². The van der Waals surface area contributed by atoms with Crippen LogP contribution >= 0.6 is 0 Å². The van der Waals surface area contributed by atoms with Gasteiger partial charge in [0.25, 0.3) is 0 Å². The molecule has 2 rings (SSSR count). The molecule has 1 saturated heterocycles. The van der Waals surface area contributed by atoms with E-state index in [2.05, 4.69) is 17.4 Å². The highest BCUT2D eigenvalue weighted by Gasteiger charge is 2.32. The molecule has 0 spiro atoms. The van der Waals surface area contributed by atoms with Crippen molar-refractivity contribution in [2.45, 2.75) is 39.2 Å². The molecule has 0 bridgehead atoms. The van der Waals surface area contributed by atoms with Crippen molar-refractivity contribution in [3.05, 3.63) is 29.8 Å². The molecule has 1 fully saturated rings. The second-order valence-corrected chi connectivity index (χ2v) is 5.16. The van der Waals surface area contributed by atoms with E-state index in [-0.39, 0.29) is 6.10 Å². The van der Waals surface area contributed by atoms with E-state index < -0.39 is 5.79 Å². The fraction of sp³-hybridized carbons (Fsp3) is 0.600. The predicted molar refractivity (Wildman–Crippen MR) is 74.2 cm³/mol. The molecule has 0 aromatic heterocycles. The van der Waals surface area contributed by atoms with E-state index in [4.69, 9.17) is 14.2 Å². The minimum Gasteiger partial charge on any atom is -0.494 e. The van der Waals surface area contributed by atoms with E-state index in [0.717, 1.165) is 18.8 Å². The van der Waals surface area contributed by atoms with Gasteiger partial charge in [-0.15, -0.1) is 0 Å². The van der Waals surface area contributed by atoms with Crippen molar-refractivity contribution < 1.29 is 14.2 Å². The van der Waals surface area contributed by atoms with Gasteiger partial charge in [-0.25, -0.2) is 0 Å². The summed E-state index contributed by atoms with van der Waals surface area (Å²) in [6.45, 7) is 8.82. The van der Waals surface area contributed by atoms with Gasteiger partial charge in [0.05, 0.1) is 19.3 Å². The predicted octanol–water partition coefficient (Wildman–Crippen LogP) is 2.33. The summed E-state index contributed by atoms with van der Waals surface area (Å²) in [4.78, 5) is 0. The van der Waals surface area contributed by atoms with Crippen LogP contribution in [0, 0.1) is 0 Å². The average molecular weight is 265 g/mol. The van der Waals surface area contributed by atoms with Crippen LogP contribution in [0.25, 0.3) is 0 Å². The maximum atomic E-state index is 5.74. The van der Waals surface area contributed by atoms with Crippen LogP contribution in [0.1, 0.15) is 26.3 Å². The van der Waals surface area contributed by atoms with E-state index in [1.165, 1.54) is 5.56 Å². The van der Waals surface area contributed by atoms with Crippen LogP contribution in [0.2, 0.25) is 0 Å². The van der Waals surface area contributed by atoms with Gasteiger partial charge in [-0.2, -0.15) is 0 Å². The Morgan fingerprint density at radius 3 is 2.95 bits per heavy atom. The zero-order valence-electron chi connectivity index (χ0n) is 11.9. The van der Waals surface area contributed by atoms with Crippen LogP contribution < -0.4 is 10.1 Å². The first-order chi connectivity index (χ1) is 9.09. The van der Waals surface area contributed by atoms with Crippen molar-refractivity contribution in [1.82, 2.24) is 5.32 Å². The summed E-state index contributed by atoms with van der Waals surface area (Å²) < 4.78 is 16.7. The zero-order chi connectivity index (χ0) is 13.7. The van der Waals surface area contributed by atoms with E-state index >= 15 is 0 Å². The second-order valence-electron chi connectivity index (χ2n) is 5.16. The molecule has 1 aromatic carbocycles. The molecule has 0 radical (unpaired) electrons. The molecule has 1 aromatic rings. The van der Waals surface area contributed by atoms with Crippen LogP contribution in [0.3, 0.4) is 0 Å². The second kappa shape index (κ2) is 6.37. The number of benzene rings is 1. The molecule has 1 aliphatic heterocycles. The highest BCUT2D eigenvalue weighted by Crippen LogP contribution is 2.21. The topological polar surface area (TPSA) is 39.7 Å². The number of nitrogens with one attached hydrogen (secondary N) is 1. The minimum absolute atomic E-state index is 0.130. The maximum Gasteiger partial charge on any atom is 0.163 e. The van der Waals surface area contributed by atoms with Gasteiger partial charge in [0.15, 0.2) is 5.79 Å². The third-order valence-corrected chi connectivity index (χ3v) is 2.98. The number of rotatable bonds is 6. The van der Waals surface area contributed by atoms with Gasteiger partial charge in [0.1, 0.15) is 5.75 Å². The van der Waals surface area contributed by atoms with Crippen LogP contribution in [0.5, 0.6) is 5.75 Å². The lowest BCUT2D eigenvalue weighted by Gasteiger charge is -2.17. The highest BCUT2D eigenvalue weighted by atomic mass is 16.7. The van der Waals surface area contributed by atoms with Crippen LogP contribution in [0.15, 0.2) is 24.3 Å². The first-order valence-electron chi connectivity index (χ1n) is 6.83.